The fraction of sp³-hybridized carbons (Fsp3) is 0.333. The smallest absolute Gasteiger partial charge is 0.419 e. The zero-order chi connectivity index (χ0) is 24.0. The molecule has 0 aliphatic carbocycles. The molecule has 0 saturated carbocycles. The number of unbranched alkanes of at least 4 members (excludes halogenated alkanes) is 1. The standard InChI is InChI=1S/C21H20F5N3O3S/c22-13-4-6-18(15(23)10-13)32-8-2-1-7-31-17-5-3-12(9-14(17)21(24,25)26)19-28-29-20(33-19)16(27)11-30/h3-6,9-10,16,30H,1-2,7-8,11,27H2. The number of aromatic nitrogens is 2. The van der Waals surface area contributed by atoms with E-state index in [-0.39, 0.29) is 41.9 Å². The summed E-state index contributed by atoms with van der Waals surface area (Å²) in [6, 6.07) is 5.72. The van der Waals surface area contributed by atoms with Crippen molar-refractivity contribution in [2.45, 2.75) is 25.1 Å². The van der Waals surface area contributed by atoms with Gasteiger partial charge < -0.3 is 20.3 Å². The van der Waals surface area contributed by atoms with Gasteiger partial charge in [0.25, 0.3) is 0 Å². The van der Waals surface area contributed by atoms with Crippen LogP contribution in [0.3, 0.4) is 0 Å². The Hall–Kier alpha value is -2.83. The van der Waals surface area contributed by atoms with Crippen molar-refractivity contribution < 1.29 is 36.5 Å². The van der Waals surface area contributed by atoms with Gasteiger partial charge >= 0.3 is 6.18 Å². The molecule has 33 heavy (non-hydrogen) atoms. The van der Waals surface area contributed by atoms with E-state index in [0.717, 1.165) is 29.5 Å². The Balaban J connectivity index is 1.59. The second-order valence-electron chi connectivity index (χ2n) is 6.92. The van der Waals surface area contributed by atoms with Crippen molar-refractivity contribution in [2.24, 2.45) is 5.73 Å². The molecule has 0 aliphatic rings. The SMILES string of the molecule is NC(CO)c1nnc(-c2ccc(OCCCCOc3ccc(F)cc3F)c(C(F)(F)F)c2)s1. The van der Waals surface area contributed by atoms with E-state index in [1.54, 1.807) is 0 Å². The quantitative estimate of drug-likeness (QED) is 0.316. The summed E-state index contributed by atoms with van der Waals surface area (Å²) >= 11 is 0.994. The van der Waals surface area contributed by atoms with Crippen LogP contribution in [-0.2, 0) is 6.18 Å². The lowest BCUT2D eigenvalue weighted by molar-refractivity contribution is -0.138. The number of nitrogens with two attached hydrogens (primary N) is 1. The molecule has 1 atom stereocenters. The second-order valence-corrected chi connectivity index (χ2v) is 7.93. The highest BCUT2D eigenvalue weighted by molar-refractivity contribution is 7.14. The molecule has 6 nitrogen and oxygen atoms in total. The number of nitrogens with zero attached hydrogens (tertiary/aromatic N) is 2. The van der Waals surface area contributed by atoms with Gasteiger partial charge in [-0.1, -0.05) is 11.3 Å². The summed E-state index contributed by atoms with van der Waals surface area (Å²) < 4.78 is 77.6. The van der Waals surface area contributed by atoms with E-state index in [0.29, 0.717) is 23.9 Å². The Morgan fingerprint density at radius 3 is 2.27 bits per heavy atom. The number of aliphatic hydroxyl groups excluding tert-OH is 1. The number of rotatable bonds is 10. The molecule has 1 heterocycles. The van der Waals surface area contributed by atoms with Crippen molar-refractivity contribution in [3.05, 3.63) is 58.6 Å². The molecule has 12 heteroatoms. The van der Waals surface area contributed by atoms with Crippen molar-refractivity contribution in [3.63, 3.8) is 0 Å². The first-order valence-corrected chi connectivity index (χ1v) is 10.6. The Morgan fingerprint density at radius 1 is 0.970 bits per heavy atom. The minimum Gasteiger partial charge on any atom is -0.493 e. The molecule has 0 bridgehead atoms. The molecule has 0 amide bonds. The minimum atomic E-state index is -4.66. The first-order chi connectivity index (χ1) is 15.7. The summed E-state index contributed by atoms with van der Waals surface area (Å²) in [4.78, 5) is 0. The summed E-state index contributed by atoms with van der Waals surface area (Å²) in [7, 11) is 0. The lowest BCUT2D eigenvalue weighted by Gasteiger charge is -2.15. The summed E-state index contributed by atoms with van der Waals surface area (Å²) in [6.07, 6.45) is -3.93. The lowest BCUT2D eigenvalue weighted by atomic mass is 10.1. The van der Waals surface area contributed by atoms with Crippen molar-refractivity contribution in [3.8, 4) is 22.1 Å². The molecule has 178 valence electrons. The monoisotopic (exact) mass is 489 g/mol. The molecule has 0 radical (unpaired) electrons. The number of alkyl halides is 3. The van der Waals surface area contributed by atoms with Crippen molar-refractivity contribution >= 4 is 11.3 Å². The van der Waals surface area contributed by atoms with E-state index < -0.39 is 29.4 Å². The third-order valence-electron chi connectivity index (χ3n) is 4.43. The van der Waals surface area contributed by atoms with E-state index >= 15 is 0 Å². The Bertz CT molecular complexity index is 1080. The molecule has 3 aromatic rings. The number of halogens is 5. The number of hydrogen-bond acceptors (Lipinski definition) is 7. The number of hydrogen-bond donors (Lipinski definition) is 2. The molecule has 3 rings (SSSR count). The van der Waals surface area contributed by atoms with Gasteiger partial charge in [-0.15, -0.1) is 10.2 Å². The van der Waals surface area contributed by atoms with Crippen LogP contribution in [0.2, 0.25) is 0 Å². The third kappa shape index (κ3) is 6.59. The highest BCUT2D eigenvalue weighted by Crippen LogP contribution is 2.39. The fourth-order valence-corrected chi connectivity index (χ4v) is 3.58. The highest BCUT2D eigenvalue weighted by Gasteiger charge is 2.35. The molecule has 0 fully saturated rings. The largest absolute Gasteiger partial charge is 0.493 e. The first-order valence-electron chi connectivity index (χ1n) is 9.81. The average Bonchev–Trinajstić information content (AvgIpc) is 3.26. The van der Waals surface area contributed by atoms with Crippen LogP contribution in [0.1, 0.15) is 29.5 Å². The third-order valence-corrected chi connectivity index (χ3v) is 5.54. The van der Waals surface area contributed by atoms with Gasteiger partial charge in [-0.05, 0) is 43.2 Å². The maximum atomic E-state index is 13.6. The maximum absolute atomic E-state index is 13.6. The van der Waals surface area contributed by atoms with Gasteiger partial charge in [0.2, 0.25) is 0 Å². The van der Waals surface area contributed by atoms with Crippen LogP contribution in [0.4, 0.5) is 22.0 Å². The highest BCUT2D eigenvalue weighted by atomic mass is 32.1. The van der Waals surface area contributed by atoms with Gasteiger partial charge in [0.05, 0.1) is 31.4 Å². The van der Waals surface area contributed by atoms with Crippen LogP contribution in [0, 0.1) is 11.6 Å². The van der Waals surface area contributed by atoms with Crippen molar-refractivity contribution in [1.82, 2.24) is 10.2 Å². The Labute approximate surface area is 189 Å². The second kappa shape index (κ2) is 10.9. The molecule has 0 spiro atoms. The van der Waals surface area contributed by atoms with Crippen LogP contribution in [0.25, 0.3) is 10.6 Å². The maximum Gasteiger partial charge on any atom is 0.419 e. The molecule has 0 aliphatic heterocycles. The van der Waals surface area contributed by atoms with Crippen LogP contribution >= 0.6 is 11.3 Å². The van der Waals surface area contributed by atoms with Gasteiger partial charge in [0.15, 0.2) is 11.6 Å². The van der Waals surface area contributed by atoms with Crippen LogP contribution in [0.15, 0.2) is 36.4 Å². The molecule has 0 saturated heterocycles. The fourth-order valence-electron chi connectivity index (χ4n) is 2.75. The van der Waals surface area contributed by atoms with E-state index in [9.17, 15) is 22.0 Å². The predicted molar refractivity (Wildman–Crippen MR) is 111 cm³/mol. The van der Waals surface area contributed by atoms with Gasteiger partial charge in [0, 0.05) is 11.6 Å². The van der Waals surface area contributed by atoms with Gasteiger partial charge in [0.1, 0.15) is 21.6 Å². The molecule has 2 aromatic carbocycles. The molecular weight excluding hydrogens is 469 g/mol. The average molecular weight is 489 g/mol. The Kier molecular flexibility index (Phi) is 8.16. The predicted octanol–water partition coefficient (Wildman–Crippen LogP) is 4.73. The summed E-state index contributed by atoms with van der Waals surface area (Å²) in [5.41, 5.74) is 4.89. The molecular formula is C21H20F5N3O3S. The molecule has 3 N–H and O–H groups in total. The topological polar surface area (TPSA) is 90.5 Å². The van der Waals surface area contributed by atoms with E-state index in [2.05, 4.69) is 10.2 Å². The summed E-state index contributed by atoms with van der Waals surface area (Å²) in [5, 5.41) is 17.3. The van der Waals surface area contributed by atoms with Crippen LogP contribution in [0.5, 0.6) is 11.5 Å². The summed E-state index contributed by atoms with van der Waals surface area (Å²) in [6.45, 7) is -0.294. The van der Waals surface area contributed by atoms with Gasteiger partial charge in [-0.3, -0.25) is 0 Å². The minimum absolute atomic E-state index is 0.0218. The number of aliphatic hydroxyl groups is 1. The Morgan fingerprint density at radius 2 is 1.64 bits per heavy atom. The normalized spacial score (nSPS) is 12.6. The van der Waals surface area contributed by atoms with E-state index in [1.807, 2.05) is 0 Å². The molecule has 1 unspecified atom stereocenters. The lowest BCUT2D eigenvalue weighted by Crippen LogP contribution is -2.13. The van der Waals surface area contributed by atoms with Crippen molar-refractivity contribution in [2.75, 3.05) is 19.8 Å². The summed E-state index contributed by atoms with van der Waals surface area (Å²) in [5.74, 6) is -2.00. The van der Waals surface area contributed by atoms with Crippen LogP contribution in [-0.4, -0.2) is 35.1 Å². The van der Waals surface area contributed by atoms with Gasteiger partial charge in [-0.2, -0.15) is 13.2 Å². The zero-order valence-corrected chi connectivity index (χ0v) is 17.9. The van der Waals surface area contributed by atoms with Crippen LogP contribution < -0.4 is 15.2 Å². The van der Waals surface area contributed by atoms with E-state index in [1.165, 1.54) is 12.1 Å². The first kappa shape index (κ1) is 24.8. The number of benzene rings is 2. The van der Waals surface area contributed by atoms with Crippen molar-refractivity contribution in [1.29, 1.82) is 0 Å². The van der Waals surface area contributed by atoms with Gasteiger partial charge in [-0.25, -0.2) is 8.78 Å². The number of ether oxygens (including phenoxy) is 2. The van der Waals surface area contributed by atoms with E-state index in [4.69, 9.17) is 20.3 Å². The zero-order valence-electron chi connectivity index (χ0n) is 17.1. The molecule has 1 aromatic heterocycles.